The van der Waals surface area contributed by atoms with E-state index in [0.29, 0.717) is 30.3 Å². The van der Waals surface area contributed by atoms with E-state index in [-0.39, 0.29) is 29.7 Å². The molecule has 1 atom stereocenters. The number of rotatable bonds is 7. The van der Waals surface area contributed by atoms with Crippen LogP contribution in [0.4, 0.5) is 0 Å². The van der Waals surface area contributed by atoms with E-state index in [1.54, 1.807) is 47.5 Å². The molecule has 1 saturated heterocycles. The van der Waals surface area contributed by atoms with Crippen LogP contribution < -0.4 is 10.1 Å². The highest BCUT2D eigenvalue weighted by atomic mass is 35.5. The van der Waals surface area contributed by atoms with Gasteiger partial charge in [-0.2, -0.15) is 0 Å². The monoisotopic (exact) mass is 535 g/mol. The molecule has 2 aromatic carbocycles. The molecule has 1 aromatic heterocycles. The van der Waals surface area contributed by atoms with E-state index in [1.807, 2.05) is 58.0 Å². The van der Waals surface area contributed by atoms with Gasteiger partial charge in [0, 0.05) is 41.7 Å². The largest absolute Gasteiger partial charge is 0.438 e. The summed E-state index contributed by atoms with van der Waals surface area (Å²) < 4.78 is 5.83. The summed E-state index contributed by atoms with van der Waals surface area (Å²) in [5.41, 5.74) is -1.45. The fourth-order valence-corrected chi connectivity index (χ4v) is 5.08. The average Bonchev–Trinajstić information content (AvgIpc) is 2.86. The van der Waals surface area contributed by atoms with Crippen molar-refractivity contribution in [1.29, 1.82) is 0 Å². The topological polar surface area (TPSA) is 91.8 Å². The normalized spacial score (nSPS) is 19.1. The number of nitrogens with one attached hydrogen (secondary N) is 1. The van der Waals surface area contributed by atoms with Crippen LogP contribution in [-0.4, -0.2) is 45.4 Å². The molecule has 4 rings (SSSR count). The van der Waals surface area contributed by atoms with Crippen molar-refractivity contribution >= 4 is 23.4 Å². The molecule has 0 unspecified atom stereocenters. The zero-order valence-electron chi connectivity index (χ0n) is 22.2. The number of likely N-dealkylation sites (tertiary alicyclic amines) is 1. The second-order valence-corrected chi connectivity index (χ2v) is 11.5. The molecule has 1 aliphatic heterocycles. The Bertz CT molecular complexity index is 1290. The molecule has 1 aliphatic rings. The number of hydrogen-bond donors (Lipinski definition) is 2. The van der Waals surface area contributed by atoms with Crippen molar-refractivity contribution in [2.45, 2.75) is 51.7 Å². The van der Waals surface area contributed by atoms with Crippen LogP contribution in [0.3, 0.4) is 0 Å². The third-order valence-corrected chi connectivity index (χ3v) is 7.39. The Hall–Kier alpha value is -3.42. The molecule has 3 aromatic rings. The molecule has 200 valence electrons. The van der Waals surface area contributed by atoms with Crippen molar-refractivity contribution < 1.29 is 19.4 Å². The molecule has 2 heterocycles. The number of carbonyl (C=O) groups excluding carboxylic acids is 2. The molecule has 0 spiro atoms. The van der Waals surface area contributed by atoms with E-state index in [0.717, 1.165) is 5.56 Å². The van der Waals surface area contributed by atoms with Gasteiger partial charge in [-0.15, -0.1) is 0 Å². The number of benzene rings is 2. The van der Waals surface area contributed by atoms with Crippen LogP contribution in [0.1, 0.15) is 56.5 Å². The number of ether oxygens (including phenoxy) is 1. The van der Waals surface area contributed by atoms with Crippen LogP contribution in [-0.2, 0) is 10.4 Å². The number of aromatic nitrogens is 1. The molecule has 1 fully saturated rings. The lowest BCUT2D eigenvalue weighted by molar-refractivity contribution is -0.154. The fourth-order valence-electron chi connectivity index (χ4n) is 4.95. The zero-order valence-corrected chi connectivity index (χ0v) is 23.0. The molecule has 0 saturated carbocycles. The number of pyridine rings is 1. The number of nitrogens with zero attached hydrogens (tertiary/aromatic N) is 2. The van der Waals surface area contributed by atoms with Gasteiger partial charge >= 0.3 is 0 Å². The molecule has 38 heavy (non-hydrogen) atoms. The number of para-hydroxylation sites is 1. The van der Waals surface area contributed by atoms with Crippen LogP contribution in [0.15, 0.2) is 72.9 Å². The SMILES string of the molecule is CC(C)(CC(=O)N1CC[C@](O)(c2ccc(Cl)cc2)C(C)(C)C1)NC(=O)c1cccnc1Oc1ccccc1. The van der Waals surface area contributed by atoms with Crippen molar-refractivity contribution in [2.24, 2.45) is 5.41 Å². The van der Waals surface area contributed by atoms with Crippen molar-refractivity contribution in [3.05, 3.63) is 89.1 Å². The Balaban J connectivity index is 1.42. The van der Waals surface area contributed by atoms with Gasteiger partial charge in [-0.1, -0.05) is 55.8 Å². The number of hydrogen-bond acceptors (Lipinski definition) is 5. The third-order valence-electron chi connectivity index (χ3n) is 7.14. The molecule has 0 bridgehead atoms. The summed E-state index contributed by atoms with van der Waals surface area (Å²) in [4.78, 5) is 32.6. The first-order chi connectivity index (χ1) is 17.9. The molecule has 7 nitrogen and oxygen atoms in total. The van der Waals surface area contributed by atoms with Crippen LogP contribution in [0.5, 0.6) is 11.6 Å². The molecule has 2 N–H and O–H groups in total. The minimum atomic E-state index is -1.09. The lowest BCUT2D eigenvalue weighted by Crippen LogP contribution is -2.58. The summed E-state index contributed by atoms with van der Waals surface area (Å²) in [5, 5.41) is 15.2. The lowest BCUT2D eigenvalue weighted by Gasteiger charge is -2.51. The predicted octanol–water partition coefficient (Wildman–Crippen LogP) is 5.57. The maximum absolute atomic E-state index is 13.4. The summed E-state index contributed by atoms with van der Waals surface area (Å²) in [6.45, 7) is 8.34. The summed E-state index contributed by atoms with van der Waals surface area (Å²) in [6.07, 6.45) is 2.06. The van der Waals surface area contributed by atoms with E-state index in [1.165, 1.54) is 0 Å². The molecule has 2 amide bonds. The Morgan fingerprint density at radius 1 is 1.08 bits per heavy atom. The van der Waals surface area contributed by atoms with E-state index in [2.05, 4.69) is 10.3 Å². The highest BCUT2D eigenvalue weighted by Gasteiger charge is 2.49. The van der Waals surface area contributed by atoms with Gasteiger partial charge < -0.3 is 20.1 Å². The van der Waals surface area contributed by atoms with Crippen LogP contribution in [0.25, 0.3) is 0 Å². The van der Waals surface area contributed by atoms with E-state index < -0.39 is 16.6 Å². The van der Waals surface area contributed by atoms with Crippen LogP contribution >= 0.6 is 11.6 Å². The highest BCUT2D eigenvalue weighted by molar-refractivity contribution is 6.30. The van der Waals surface area contributed by atoms with E-state index in [4.69, 9.17) is 16.3 Å². The lowest BCUT2D eigenvalue weighted by atomic mass is 9.66. The van der Waals surface area contributed by atoms with Gasteiger partial charge in [0.15, 0.2) is 0 Å². The molecule has 8 heteroatoms. The summed E-state index contributed by atoms with van der Waals surface area (Å²) in [5.74, 6) is 0.296. The maximum atomic E-state index is 13.4. The van der Waals surface area contributed by atoms with Gasteiger partial charge in [0.05, 0.1) is 5.60 Å². The number of amides is 2. The standard InChI is InChI=1S/C30H34ClN3O4/c1-28(2)20-34(18-16-30(28,37)21-12-14-22(31)15-13-21)25(35)19-29(3,4)33-26(36)24-11-8-17-32-27(24)38-23-9-6-5-7-10-23/h5-15,17,37H,16,18-20H2,1-4H3,(H,33,36)/t30-/m0/s1. The van der Waals surface area contributed by atoms with Gasteiger partial charge in [-0.25, -0.2) is 4.98 Å². The summed E-state index contributed by atoms with van der Waals surface area (Å²) >= 11 is 6.04. The Morgan fingerprint density at radius 2 is 1.76 bits per heavy atom. The predicted molar refractivity (Wildman–Crippen MR) is 147 cm³/mol. The smallest absolute Gasteiger partial charge is 0.257 e. The Kier molecular flexibility index (Phi) is 7.81. The first-order valence-corrected chi connectivity index (χ1v) is 13.0. The quantitative estimate of drug-likeness (QED) is 0.412. The molecular weight excluding hydrogens is 502 g/mol. The summed E-state index contributed by atoms with van der Waals surface area (Å²) in [6, 6.07) is 19.7. The van der Waals surface area contributed by atoms with Crippen molar-refractivity contribution in [1.82, 2.24) is 15.2 Å². The van der Waals surface area contributed by atoms with Crippen molar-refractivity contribution in [3.8, 4) is 11.6 Å². The Labute approximate surface area is 228 Å². The third kappa shape index (κ3) is 6.00. The molecule has 0 radical (unpaired) electrons. The Morgan fingerprint density at radius 3 is 2.42 bits per heavy atom. The van der Waals surface area contributed by atoms with E-state index >= 15 is 0 Å². The molecule has 0 aliphatic carbocycles. The minimum absolute atomic E-state index is 0.0894. The van der Waals surface area contributed by atoms with Crippen LogP contribution in [0.2, 0.25) is 5.02 Å². The average molecular weight is 536 g/mol. The highest BCUT2D eigenvalue weighted by Crippen LogP contribution is 2.46. The maximum Gasteiger partial charge on any atom is 0.257 e. The van der Waals surface area contributed by atoms with Gasteiger partial charge in [0.25, 0.3) is 5.91 Å². The van der Waals surface area contributed by atoms with E-state index in [9.17, 15) is 14.7 Å². The number of carbonyl (C=O) groups is 2. The number of halogens is 1. The zero-order chi connectivity index (χ0) is 27.6. The van der Waals surface area contributed by atoms with Gasteiger partial charge in [-0.05, 0) is 62.2 Å². The number of aliphatic hydroxyl groups is 1. The summed E-state index contributed by atoms with van der Waals surface area (Å²) in [7, 11) is 0. The first kappa shape index (κ1) is 27.6. The second kappa shape index (κ2) is 10.8. The van der Waals surface area contributed by atoms with Crippen molar-refractivity contribution in [3.63, 3.8) is 0 Å². The van der Waals surface area contributed by atoms with Crippen LogP contribution in [0, 0.1) is 5.41 Å². The fraction of sp³-hybridized carbons (Fsp3) is 0.367. The number of piperidine rings is 1. The molecular formula is C30H34ClN3O4. The first-order valence-electron chi connectivity index (χ1n) is 12.7. The van der Waals surface area contributed by atoms with Gasteiger partial charge in [-0.3, -0.25) is 9.59 Å². The van der Waals surface area contributed by atoms with Crippen molar-refractivity contribution in [2.75, 3.05) is 13.1 Å². The minimum Gasteiger partial charge on any atom is -0.438 e. The van der Waals surface area contributed by atoms with Gasteiger partial charge in [0.1, 0.15) is 11.3 Å². The second-order valence-electron chi connectivity index (χ2n) is 11.1. The van der Waals surface area contributed by atoms with Gasteiger partial charge in [0.2, 0.25) is 11.8 Å².